The molecule has 0 atom stereocenters. The van der Waals surface area contributed by atoms with Crippen LogP contribution in [-0.4, -0.2) is 20.5 Å². The third-order valence-corrected chi connectivity index (χ3v) is 4.23. The predicted molar refractivity (Wildman–Crippen MR) is 103 cm³/mol. The summed E-state index contributed by atoms with van der Waals surface area (Å²) in [5.41, 5.74) is 3.07. The molecular formula is C22H17F3N2O. The lowest BCUT2D eigenvalue weighted by molar-refractivity contribution is -0.274. The molecule has 0 saturated carbocycles. The lowest BCUT2D eigenvalue weighted by Gasteiger charge is -2.19. The van der Waals surface area contributed by atoms with Gasteiger partial charge in [-0.25, -0.2) is 0 Å². The third-order valence-electron chi connectivity index (χ3n) is 4.23. The minimum atomic E-state index is -4.84. The Hall–Kier alpha value is -3.46. The maximum absolute atomic E-state index is 13.2. The number of hydrogen-bond donors (Lipinski definition) is 0. The molecule has 28 heavy (non-hydrogen) atoms. The first-order chi connectivity index (χ1) is 13.3. The van der Waals surface area contributed by atoms with E-state index in [1.807, 2.05) is 31.1 Å². The molecule has 0 aliphatic heterocycles. The minimum Gasteiger partial charge on any atom is -0.404 e. The van der Waals surface area contributed by atoms with Crippen molar-refractivity contribution >= 4 is 5.69 Å². The summed E-state index contributed by atoms with van der Waals surface area (Å²) in [6, 6.07) is 20.4. The Balaban J connectivity index is 2.20. The topological polar surface area (TPSA) is 36.3 Å². The van der Waals surface area contributed by atoms with Crippen molar-refractivity contribution in [1.82, 2.24) is 0 Å². The van der Waals surface area contributed by atoms with Crippen molar-refractivity contribution in [3.63, 3.8) is 0 Å². The molecule has 3 rings (SSSR count). The Kier molecular flexibility index (Phi) is 5.27. The van der Waals surface area contributed by atoms with Gasteiger partial charge in [0.05, 0.1) is 11.6 Å². The lowest BCUT2D eigenvalue weighted by Crippen LogP contribution is -2.18. The Labute approximate surface area is 161 Å². The van der Waals surface area contributed by atoms with Crippen molar-refractivity contribution in [1.29, 1.82) is 5.26 Å². The third kappa shape index (κ3) is 4.26. The summed E-state index contributed by atoms with van der Waals surface area (Å²) in [4.78, 5) is 1.87. The molecule has 0 heterocycles. The largest absolute Gasteiger partial charge is 0.573 e. The first-order valence-corrected chi connectivity index (χ1v) is 8.45. The second kappa shape index (κ2) is 7.65. The number of alkyl halides is 3. The van der Waals surface area contributed by atoms with E-state index in [1.165, 1.54) is 0 Å². The highest BCUT2D eigenvalue weighted by atomic mass is 19.4. The van der Waals surface area contributed by atoms with Crippen LogP contribution in [0.3, 0.4) is 0 Å². The molecule has 6 heteroatoms. The van der Waals surface area contributed by atoms with E-state index in [2.05, 4.69) is 4.74 Å². The number of rotatable bonds is 4. The molecule has 0 radical (unpaired) electrons. The smallest absolute Gasteiger partial charge is 0.404 e. The summed E-state index contributed by atoms with van der Waals surface area (Å²) in [7, 11) is 3.72. The number of benzene rings is 3. The van der Waals surface area contributed by atoms with Crippen LogP contribution in [0.5, 0.6) is 5.75 Å². The maximum atomic E-state index is 13.2. The van der Waals surface area contributed by atoms with Gasteiger partial charge >= 0.3 is 6.36 Å². The van der Waals surface area contributed by atoms with Crippen molar-refractivity contribution in [3.8, 4) is 34.1 Å². The van der Waals surface area contributed by atoms with Gasteiger partial charge < -0.3 is 9.64 Å². The van der Waals surface area contributed by atoms with Gasteiger partial charge in [0.25, 0.3) is 0 Å². The number of para-hydroxylation sites is 1. The summed E-state index contributed by atoms with van der Waals surface area (Å²) in [6.07, 6.45) is -4.84. The van der Waals surface area contributed by atoms with Gasteiger partial charge in [-0.05, 0) is 35.4 Å². The number of halogens is 3. The van der Waals surface area contributed by atoms with Crippen LogP contribution >= 0.6 is 0 Å². The van der Waals surface area contributed by atoms with Crippen LogP contribution in [0, 0.1) is 11.3 Å². The monoisotopic (exact) mass is 382 g/mol. The molecule has 0 aromatic heterocycles. The quantitative estimate of drug-likeness (QED) is 0.567. The van der Waals surface area contributed by atoms with Gasteiger partial charge in [0.1, 0.15) is 5.75 Å². The normalized spacial score (nSPS) is 11.0. The molecule has 3 nitrogen and oxygen atoms in total. The number of nitriles is 1. The average Bonchev–Trinajstić information content (AvgIpc) is 2.67. The summed E-state index contributed by atoms with van der Waals surface area (Å²) >= 11 is 0. The molecule has 0 unspecified atom stereocenters. The van der Waals surface area contributed by atoms with Crippen molar-refractivity contribution in [2.75, 3.05) is 19.0 Å². The molecular weight excluding hydrogens is 365 g/mol. The van der Waals surface area contributed by atoms with E-state index < -0.39 is 6.36 Å². The van der Waals surface area contributed by atoms with Crippen molar-refractivity contribution in [2.24, 2.45) is 0 Å². The van der Waals surface area contributed by atoms with Crippen LogP contribution in [0.2, 0.25) is 0 Å². The van der Waals surface area contributed by atoms with Gasteiger partial charge in [0, 0.05) is 30.9 Å². The van der Waals surface area contributed by atoms with Crippen molar-refractivity contribution < 1.29 is 17.9 Å². The van der Waals surface area contributed by atoms with Crippen LogP contribution in [-0.2, 0) is 0 Å². The highest BCUT2D eigenvalue weighted by molar-refractivity contribution is 5.83. The van der Waals surface area contributed by atoms with Gasteiger partial charge in [0.2, 0.25) is 0 Å². The summed E-state index contributed by atoms with van der Waals surface area (Å²) < 4.78 is 44.0. The van der Waals surface area contributed by atoms with Gasteiger partial charge in [-0.3, -0.25) is 0 Å². The molecule has 0 aliphatic carbocycles. The van der Waals surface area contributed by atoms with E-state index in [0.717, 1.165) is 5.69 Å². The highest BCUT2D eigenvalue weighted by Crippen LogP contribution is 2.42. The zero-order valence-corrected chi connectivity index (χ0v) is 15.3. The zero-order valence-electron chi connectivity index (χ0n) is 15.3. The fourth-order valence-electron chi connectivity index (χ4n) is 2.89. The van der Waals surface area contributed by atoms with E-state index in [1.54, 1.807) is 60.7 Å². The highest BCUT2D eigenvalue weighted by Gasteiger charge is 2.33. The molecule has 0 saturated heterocycles. The van der Waals surface area contributed by atoms with Gasteiger partial charge in [-0.2, -0.15) is 5.26 Å². The summed E-state index contributed by atoms with van der Waals surface area (Å²) in [6.45, 7) is 0. The van der Waals surface area contributed by atoms with Crippen LogP contribution in [0.25, 0.3) is 22.3 Å². The molecule has 3 aromatic rings. The SMILES string of the molecule is CN(C)c1cccc(-c2cccc(-c3ccc(C#N)cc3)c2OC(F)(F)F)c1. The fourth-order valence-corrected chi connectivity index (χ4v) is 2.89. The van der Waals surface area contributed by atoms with Crippen LogP contribution in [0.15, 0.2) is 66.7 Å². The van der Waals surface area contributed by atoms with Crippen molar-refractivity contribution in [2.45, 2.75) is 6.36 Å². The van der Waals surface area contributed by atoms with Crippen LogP contribution < -0.4 is 9.64 Å². The lowest BCUT2D eigenvalue weighted by atomic mass is 9.96. The maximum Gasteiger partial charge on any atom is 0.573 e. The standard InChI is InChI=1S/C22H17F3N2O/c1-27(2)18-6-3-5-17(13-18)20-8-4-7-19(21(20)28-22(23,24)25)16-11-9-15(14-26)10-12-16/h3-13H,1-2H3. The van der Waals surface area contributed by atoms with Gasteiger partial charge in [-0.15, -0.1) is 13.2 Å². The Morgan fingerprint density at radius 2 is 1.46 bits per heavy atom. The fraction of sp³-hybridized carbons (Fsp3) is 0.136. The second-order valence-electron chi connectivity index (χ2n) is 6.36. The first-order valence-electron chi connectivity index (χ1n) is 8.45. The van der Waals surface area contributed by atoms with E-state index >= 15 is 0 Å². The van der Waals surface area contributed by atoms with E-state index in [0.29, 0.717) is 27.8 Å². The molecule has 0 N–H and O–H groups in total. The van der Waals surface area contributed by atoms with Gasteiger partial charge in [0.15, 0.2) is 0 Å². The number of ether oxygens (including phenoxy) is 1. The number of anilines is 1. The van der Waals surface area contributed by atoms with E-state index in [4.69, 9.17) is 5.26 Å². The van der Waals surface area contributed by atoms with Gasteiger partial charge in [-0.1, -0.05) is 42.5 Å². The molecule has 3 aromatic carbocycles. The van der Waals surface area contributed by atoms with Crippen molar-refractivity contribution in [3.05, 3.63) is 72.3 Å². The first kappa shape index (κ1) is 19.3. The summed E-state index contributed by atoms with van der Waals surface area (Å²) in [5, 5.41) is 8.94. The summed E-state index contributed by atoms with van der Waals surface area (Å²) in [5.74, 6) is -0.268. The average molecular weight is 382 g/mol. The molecule has 142 valence electrons. The molecule has 0 amide bonds. The van der Waals surface area contributed by atoms with E-state index in [-0.39, 0.29) is 5.75 Å². The van der Waals surface area contributed by atoms with Crippen LogP contribution in [0.4, 0.5) is 18.9 Å². The Morgan fingerprint density at radius 3 is 2.04 bits per heavy atom. The number of hydrogen-bond acceptors (Lipinski definition) is 3. The molecule has 0 bridgehead atoms. The molecule has 0 spiro atoms. The zero-order chi connectivity index (χ0) is 20.3. The van der Waals surface area contributed by atoms with E-state index in [9.17, 15) is 13.2 Å². The predicted octanol–water partition coefficient (Wildman–Crippen LogP) is 5.86. The Morgan fingerprint density at radius 1 is 0.857 bits per heavy atom. The number of nitrogens with zero attached hydrogens (tertiary/aromatic N) is 2. The van der Waals surface area contributed by atoms with Crippen LogP contribution in [0.1, 0.15) is 5.56 Å². The molecule has 0 fully saturated rings. The Bertz CT molecular complexity index is 1020. The minimum absolute atomic E-state index is 0.268. The molecule has 0 aliphatic rings. The second-order valence-corrected chi connectivity index (χ2v) is 6.36.